The lowest BCUT2D eigenvalue weighted by atomic mass is 10.0. The lowest BCUT2D eigenvalue weighted by molar-refractivity contribution is 1.11. The Morgan fingerprint density at radius 2 is 1.32 bits per heavy atom. The summed E-state index contributed by atoms with van der Waals surface area (Å²) in [5, 5.41) is 0. The van der Waals surface area contributed by atoms with Gasteiger partial charge in [0.15, 0.2) is 5.82 Å². The highest BCUT2D eigenvalue weighted by atomic mass is 14.9. The van der Waals surface area contributed by atoms with Gasteiger partial charge in [-0.1, -0.05) is 54.6 Å². The molecule has 0 radical (unpaired) electrons. The normalized spacial score (nSPS) is 10.6. The van der Waals surface area contributed by atoms with Gasteiger partial charge >= 0.3 is 0 Å². The molecule has 2 aromatic carbocycles. The average Bonchev–Trinajstić information content (AvgIpc) is 2.69. The number of pyridine rings is 1. The third-order valence-electron chi connectivity index (χ3n) is 4.06. The molecule has 120 valence electrons. The molecule has 0 aliphatic heterocycles. The highest BCUT2D eigenvalue weighted by Crippen LogP contribution is 2.25. The van der Waals surface area contributed by atoms with E-state index in [1.54, 1.807) is 6.20 Å². The number of hydrogen-bond acceptors (Lipinski definition) is 3. The molecule has 3 nitrogen and oxygen atoms in total. The highest BCUT2D eigenvalue weighted by Gasteiger charge is 2.07. The van der Waals surface area contributed by atoms with Crippen LogP contribution in [0.1, 0.15) is 5.69 Å². The zero-order valence-corrected chi connectivity index (χ0v) is 13.9. The molecule has 0 saturated heterocycles. The van der Waals surface area contributed by atoms with Crippen molar-refractivity contribution < 1.29 is 0 Å². The fourth-order valence-electron chi connectivity index (χ4n) is 2.80. The zero-order valence-electron chi connectivity index (χ0n) is 13.9. The summed E-state index contributed by atoms with van der Waals surface area (Å²) in [6, 6.07) is 24.6. The molecule has 0 amide bonds. The predicted octanol–water partition coefficient (Wildman–Crippen LogP) is 5.18. The first-order valence-electron chi connectivity index (χ1n) is 8.21. The molecule has 0 spiro atoms. The Labute approximate surface area is 147 Å². The summed E-state index contributed by atoms with van der Waals surface area (Å²) in [5.74, 6) is 0.735. The van der Waals surface area contributed by atoms with Gasteiger partial charge in [0, 0.05) is 29.2 Å². The molecule has 4 aromatic rings. The van der Waals surface area contributed by atoms with E-state index in [2.05, 4.69) is 46.4 Å². The minimum absolute atomic E-state index is 0.735. The second-order valence-corrected chi connectivity index (χ2v) is 5.90. The Hall–Kier alpha value is -3.33. The van der Waals surface area contributed by atoms with Crippen molar-refractivity contribution in [2.75, 3.05) is 0 Å². The molecule has 3 heteroatoms. The largest absolute Gasteiger partial charge is 0.264 e. The monoisotopic (exact) mass is 323 g/mol. The Kier molecular flexibility index (Phi) is 4.05. The molecule has 0 saturated carbocycles. The number of nitrogens with zero attached hydrogens (tertiary/aromatic N) is 3. The van der Waals surface area contributed by atoms with E-state index >= 15 is 0 Å². The molecule has 0 bridgehead atoms. The first kappa shape index (κ1) is 15.2. The van der Waals surface area contributed by atoms with Crippen LogP contribution in [0.3, 0.4) is 0 Å². The second-order valence-electron chi connectivity index (χ2n) is 5.90. The number of benzene rings is 2. The SMILES string of the molecule is Cc1cc(-c2cccnc2)nc(-c2ccc(-c3ccccc3)cc2)n1. The quantitative estimate of drug-likeness (QED) is 0.521. The molecule has 0 atom stereocenters. The molecule has 0 aliphatic carbocycles. The Morgan fingerprint density at radius 1 is 0.640 bits per heavy atom. The van der Waals surface area contributed by atoms with Crippen LogP contribution in [-0.2, 0) is 0 Å². The summed E-state index contributed by atoms with van der Waals surface area (Å²) in [5.41, 5.74) is 6.22. The zero-order chi connectivity index (χ0) is 17.1. The van der Waals surface area contributed by atoms with Crippen molar-refractivity contribution in [3.8, 4) is 33.8 Å². The molecule has 2 heterocycles. The van der Waals surface area contributed by atoms with Crippen LogP contribution in [0.5, 0.6) is 0 Å². The molecule has 4 rings (SSSR count). The molecular weight excluding hydrogens is 306 g/mol. The number of rotatable bonds is 3. The Morgan fingerprint density at radius 3 is 2.04 bits per heavy atom. The van der Waals surface area contributed by atoms with Crippen molar-refractivity contribution in [1.82, 2.24) is 15.0 Å². The molecule has 0 N–H and O–H groups in total. The van der Waals surface area contributed by atoms with E-state index in [0.29, 0.717) is 0 Å². The molecule has 2 aromatic heterocycles. The van der Waals surface area contributed by atoms with Crippen molar-refractivity contribution >= 4 is 0 Å². The van der Waals surface area contributed by atoms with E-state index in [9.17, 15) is 0 Å². The Balaban J connectivity index is 1.71. The van der Waals surface area contributed by atoms with Crippen LogP contribution >= 0.6 is 0 Å². The van der Waals surface area contributed by atoms with E-state index in [1.807, 2.05) is 49.5 Å². The summed E-state index contributed by atoms with van der Waals surface area (Å²) >= 11 is 0. The summed E-state index contributed by atoms with van der Waals surface area (Å²) < 4.78 is 0. The fourth-order valence-corrected chi connectivity index (χ4v) is 2.80. The van der Waals surface area contributed by atoms with Crippen molar-refractivity contribution in [1.29, 1.82) is 0 Å². The van der Waals surface area contributed by atoms with Crippen LogP contribution in [0.4, 0.5) is 0 Å². The first-order chi connectivity index (χ1) is 12.3. The minimum Gasteiger partial charge on any atom is -0.264 e. The third kappa shape index (κ3) is 3.31. The van der Waals surface area contributed by atoms with Gasteiger partial charge < -0.3 is 0 Å². The van der Waals surface area contributed by atoms with E-state index in [0.717, 1.165) is 28.3 Å². The van der Waals surface area contributed by atoms with Crippen molar-refractivity contribution in [2.24, 2.45) is 0 Å². The van der Waals surface area contributed by atoms with Crippen LogP contribution < -0.4 is 0 Å². The average molecular weight is 323 g/mol. The smallest absolute Gasteiger partial charge is 0.160 e. The van der Waals surface area contributed by atoms with E-state index < -0.39 is 0 Å². The summed E-state index contributed by atoms with van der Waals surface area (Å²) in [6.07, 6.45) is 3.59. The maximum absolute atomic E-state index is 4.73. The van der Waals surface area contributed by atoms with Crippen molar-refractivity contribution in [3.05, 3.63) is 90.9 Å². The minimum atomic E-state index is 0.735. The van der Waals surface area contributed by atoms with Gasteiger partial charge in [-0.25, -0.2) is 9.97 Å². The van der Waals surface area contributed by atoms with E-state index in [-0.39, 0.29) is 0 Å². The van der Waals surface area contributed by atoms with Gasteiger partial charge in [-0.3, -0.25) is 4.98 Å². The van der Waals surface area contributed by atoms with Gasteiger partial charge in [-0.15, -0.1) is 0 Å². The highest BCUT2D eigenvalue weighted by molar-refractivity contribution is 5.69. The third-order valence-corrected chi connectivity index (χ3v) is 4.06. The van der Waals surface area contributed by atoms with Crippen LogP contribution in [0.15, 0.2) is 85.2 Å². The van der Waals surface area contributed by atoms with Gasteiger partial charge in [0.2, 0.25) is 0 Å². The standard InChI is InChI=1S/C22H17N3/c1-16-14-21(20-8-5-13-23-15-20)25-22(24-16)19-11-9-18(10-12-19)17-6-3-2-4-7-17/h2-15H,1H3. The molecule has 0 fully saturated rings. The molecule has 25 heavy (non-hydrogen) atoms. The molecule has 0 aliphatic rings. The van der Waals surface area contributed by atoms with Gasteiger partial charge in [0.1, 0.15) is 0 Å². The lowest BCUT2D eigenvalue weighted by Crippen LogP contribution is -1.95. The van der Waals surface area contributed by atoms with Gasteiger partial charge in [0.05, 0.1) is 5.69 Å². The number of hydrogen-bond donors (Lipinski definition) is 0. The van der Waals surface area contributed by atoms with Gasteiger partial charge in [-0.2, -0.15) is 0 Å². The van der Waals surface area contributed by atoms with Gasteiger partial charge in [-0.05, 0) is 36.2 Å². The van der Waals surface area contributed by atoms with E-state index in [1.165, 1.54) is 11.1 Å². The molecular formula is C22H17N3. The van der Waals surface area contributed by atoms with Crippen LogP contribution in [0, 0.1) is 6.92 Å². The second kappa shape index (κ2) is 6.65. The van der Waals surface area contributed by atoms with Crippen molar-refractivity contribution in [3.63, 3.8) is 0 Å². The first-order valence-corrected chi connectivity index (χ1v) is 8.21. The Bertz CT molecular complexity index is 979. The topological polar surface area (TPSA) is 38.7 Å². The van der Waals surface area contributed by atoms with Gasteiger partial charge in [0.25, 0.3) is 0 Å². The van der Waals surface area contributed by atoms with Crippen molar-refractivity contribution in [2.45, 2.75) is 6.92 Å². The number of aryl methyl sites for hydroxylation is 1. The van der Waals surface area contributed by atoms with E-state index in [4.69, 9.17) is 4.98 Å². The summed E-state index contributed by atoms with van der Waals surface area (Å²) in [7, 11) is 0. The molecule has 0 unspecified atom stereocenters. The fraction of sp³-hybridized carbons (Fsp3) is 0.0455. The summed E-state index contributed by atoms with van der Waals surface area (Å²) in [6.45, 7) is 1.99. The summed E-state index contributed by atoms with van der Waals surface area (Å²) in [4.78, 5) is 13.5. The maximum atomic E-state index is 4.73. The van der Waals surface area contributed by atoms with Crippen LogP contribution in [0.25, 0.3) is 33.8 Å². The van der Waals surface area contributed by atoms with Crippen LogP contribution in [-0.4, -0.2) is 15.0 Å². The predicted molar refractivity (Wildman–Crippen MR) is 101 cm³/mol. The lowest BCUT2D eigenvalue weighted by Gasteiger charge is -2.07. The maximum Gasteiger partial charge on any atom is 0.160 e. The number of aromatic nitrogens is 3. The van der Waals surface area contributed by atoms with Crippen LogP contribution in [0.2, 0.25) is 0 Å².